The number of phenols is 1. The maximum Gasteiger partial charge on any atom is 0.129 e. The van der Waals surface area contributed by atoms with Crippen LogP contribution in [0.5, 0.6) is 5.75 Å². The Bertz CT molecular complexity index is 621. The molecule has 0 radical (unpaired) electrons. The van der Waals surface area contributed by atoms with Crippen LogP contribution in [0.3, 0.4) is 0 Å². The highest BCUT2D eigenvalue weighted by molar-refractivity contribution is 5.91. The number of nitrogens with two attached hydrogens (primary N) is 1. The van der Waals surface area contributed by atoms with Gasteiger partial charge in [-0.25, -0.2) is 0 Å². The molecule has 1 fully saturated rings. The number of benzene rings is 1. The Hall–Kier alpha value is -1.48. The number of aromatic amines is 1. The Kier molecular flexibility index (Phi) is 2.82. The van der Waals surface area contributed by atoms with E-state index in [2.05, 4.69) is 24.0 Å². The summed E-state index contributed by atoms with van der Waals surface area (Å²) >= 11 is 0. The summed E-state index contributed by atoms with van der Waals surface area (Å²) in [7, 11) is 0. The molecule has 1 saturated carbocycles. The standard InChI is InChI=1S/C16H22N2O/c1-10-11(2)18-13-6-5-12(15(19)14(10)13)16(9-17)7-3-4-8-16/h5-6,18-19H,3-4,7-9,17H2,1-2H3. The first-order valence-electron chi connectivity index (χ1n) is 7.10. The number of aromatic nitrogens is 1. The van der Waals surface area contributed by atoms with Gasteiger partial charge in [-0.3, -0.25) is 0 Å². The molecule has 0 aliphatic heterocycles. The van der Waals surface area contributed by atoms with E-state index in [4.69, 9.17) is 5.73 Å². The van der Waals surface area contributed by atoms with Crippen LogP contribution >= 0.6 is 0 Å². The molecule has 0 amide bonds. The molecule has 0 spiro atoms. The molecule has 1 aliphatic rings. The number of hydrogen-bond donors (Lipinski definition) is 3. The minimum Gasteiger partial charge on any atom is -0.507 e. The summed E-state index contributed by atoms with van der Waals surface area (Å²) in [5.74, 6) is 0.437. The highest BCUT2D eigenvalue weighted by Gasteiger charge is 2.37. The minimum atomic E-state index is -0.0180. The maximum absolute atomic E-state index is 10.7. The van der Waals surface area contributed by atoms with E-state index >= 15 is 0 Å². The van der Waals surface area contributed by atoms with Gasteiger partial charge in [0.2, 0.25) is 0 Å². The summed E-state index contributed by atoms with van der Waals surface area (Å²) in [6.45, 7) is 4.72. The lowest BCUT2D eigenvalue weighted by Crippen LogP contribution is -2.32. The zero-order chi connectivity index (χ0) is 13.6. The minimum absolute atomic E-state index is 0.0180. The summed E-state index contributed by atoms with van der Waals surface area (Å²) in [5.41, 5.74) is 10.3. The second kappa shape index (κ2) is 4.27. The van der Waals surface area contributed by atoms with Gasteiger partial charge in [0.1, 0.15) is 5.75 Å². The van der Waals surface area contributed by atoms with Crippen molar-refractivity contribution in [3.63, 3.8) is 0 Å². The number of H-pyrrole nitrogens is 1. The summed E-state index contributed by atoms with van der Waals surface area (Å²) in [5, 5.41) is 11.7. The van der Waals surface area contributed by atoms with Crippen molar-refractivity contribution in [1.82, 2.24) is 4.98 Å². The Balaban J connectivity index is 2.25. The van der Waals surface area contributed by atoms with E-state index in [0.717, 1.165) is 40.6 Å². The molecule has 2 aromatic rings. The fraction of sp³-hybridized carbons (Fsp3) is 0.500. The number of phenolic OH excluding ortho intramolecular Hbond substituents is 1. The van der Waals surface area contributed by atoms with Gasteiger partial charge in [0.15, 0.2) is 0 Å². The molecule has 3 rings (SSSR count). The largest absolute Gasteiger partial charge is 0.507 e. The number of hydrogen-bond acceptors (Lipinski definition) is 2. The molecule has 0 unspecified atom stereocenters. The van der Waals surface area contributed by atoms with Crippen molar-refractivity contribution in [2.45, 2.75) is 44.9 Å². The quantitative estimate of drug-likeness (QED) is 0.774. The molecule has 1 aromatic carbocycles. The van der Waals surface area contributed by atoms with Crippen LogP contribution in [0.25, 0.3) is 10.9 Å². The molecular weight excluding hydrogens is 236 g/mol. The summed E-state index contributed by atoms with van der Waals surface area (Å²) in [6, 6.07) is 4.14. The Morgan fingerprint density at radius 3 is 2.58 bits per heavy atom. The van der Waals surface area contributed by atoms with Crippen LogP contribution in [0.15, 0.2) is 12.1 Å². The van der Waals surface area contributed by atoms with Crippen LogP contribution in [0, 0.1) is 13.8 Å². The van der Waals surface area contributed by atoms with Crippen LogP contribution in [-0.2, 0) is 5.41 Å². The molecule has 1 aliphatic carbocycles. The molecule has 3 heteroatoms. The first-order valence-corrected chi connectivity index (χ1v) is 7.10. The smallest absolute Gasteiger partial charge is 0.129 e. The Morgan fingerprint density at radius 1 is 1.26 bits per heavy atom. The highest BCUT2D eigenvalue weighted by Crippen LogP contribution is 2.46. The van der Waals surface area contributed by atoms with Gasteiger partial charge in [0.05, 0.1) is 0 Å². The van der Waals surface area contributed by atoms with Crippen molar-refractivity contribution in [3.8, 4) is 5.75 Å². The van der Waals surface area contributed by atoms with Crippen LogP contribution in [-0.4, -0.2) is 16.6 Å². The fourth-order valence-electron chi connectivity index (χ4n) is 3.62. The molecule has 3 nitrogen and oxygen atoms in total. The van der Waals surface area contributed by atoms with E-state index in [-0.39, 0.29) is 5.41 Å². The van der Waals surface area contributed by atoms with Gasteiger partial charge in [0, 0.05) is 34.1 Å². The van der Waals surface area contributed by atoms with Crippen molar-refractivity contribution in [3.05, 3.63) is 29.0 Å². The lowest BCUT2D eigenvalue weighted by molar-refractivity contribution is 0.409. The SMILES string of the molecule is Cc1[nH]c2ccc(C3(CN)CCCC3)c(O)c2c1C. The summed E-state index contributed by atoms with van der Waals surface area (Å²) < 4.78 is 0. The highest BCUT2D eigenvalue weighted by atomic mass is 16.3. The molecule has 4 N–H and O–H groups in total. The van der Waals surface area contributed by atoms with Crippen molar-refractivity contribution in [2.75, 3.05) is 6.54 Å². The van der Waals surface area contributed by atoms with Crippen molar-refractivity contribution in [2.24, 2.45) is 5.73 Å². The second-order valence-electron chi connectivity index (χ2n) is 5.95. The van der Waals surface area contributed by atoms with Gasteiger partial charge >= 0.3 is 0 Å². The number of fused-ring (bicyclic) bond motifs is 1. The van der Waals surface area contributed by atoms with Gasteiger partial charge in [-0.2, -0.15) is 0 Å². The normalized spacial score (nSPS) is 18.3. The Morgan fingerprint density at radius 2 is 1.95 bits per heavy atom. The third kappa shape index (κ3) is 1.68. The lowest BCUT2D eigenvalue weighted by Gasteiger charge is -2.28. The summed E-state index contributed by atoms with van der Waals surface area (Å²) in [6.07, 6.45) is 4.59. The van der Waals surface area contributed by atoms with Crippen LogP contribution in [0.4, 0.5) is 0 Å². The number of nitrogens with one attached hydrogen (secondary N) is 1. The van der Waals surface area contributed by atoms with Crippen molar-refractivity contribution < 1.29 is 5.11 Å². The molecular formula is C16H22N2O. The third-order valence-corrected chi connectivity index (χ3v) is 4.96. The van der Waals surface area contributed by atoms with E-state index < -0.39 is 0 Å². The molecule has 1 heterocycles. The van der Waals surface area contributed by atoms with E-state index in [9.17, 15) is 5.11 Å². The predicted molar refractivity (Wildman–Crippen MR) is 78.6 cm³/mol. The Labute approximate surface area is 113 Å². The van der Waals surface area contributed by atoms with Crippen molar-refractivity contribution in [1.29, 1.82) is 0 Å². The number of rotatable bonds is 2. The van der Waals surface area contributed by atoms with Crippen LogP contribution in [0.2, 0.25) is 0 Å². The molecule has 0 atom stereocenters. The zero-order valence-corrected chi connectivity index (χ0v) is 11.7. The number of aryl methyl sites for hydroxylation is 2. The molecule has 19 heavy (non-hydrogen) atoms. The molecule has 1 aromatic heterocycles. The monoisotopic (exact) mass is 258 g/mol. The van der Waals surface area contributed by atoms with Gasteiger partial charge < -0.3 is 15.8 Å². The zero-order valence-electron chi connectivity index (χ0n) is 11.7. The lowest BCUT2D eigenvalue weighted by atomic mass is 9.78. The molecule has 102 valence electrons. The van der Waals surface area contributed by atoms with Gasteiger partial charge in [-0.15, -0.1) is 0 Å². The predicted octanol–water partition coefficient (Wildman–Crippen LogP) is 3.26. The number of aromatic hydroxyl groups is 1. The first kappa shape index (κ1) is 12.5. The van der Waals surface area contributed by atoms with E-state index in [0.29, 0.717) is 12.3 Å². The molecule has 0 saturated heterocycles. The molecule has 0 bridgehead atoms. The first-order chi connectivity index (χ1) is 9.09. The van der Waals surface area contributed by atoms with Crippen LogP contribution in [0.1, 0.15) is 42.5 Å². The van der Waals surface area contributed by atoms with Crippen molar-refractivity contribution >= 4 is 10.9 Å². The van der Waals surface area contributed by atoms with E-state index in [1.807, 2.05) is 6.92 Å². The fourth-order valence-corrected chi connectivity index (χ4v) is 3.62. The average Bonchev–Trinajstić information content (AvgIpc) is 2.97. The maximum atomic E-state index is 10.7. The van der Waals surface area contributed by atoms with Gasteiger partial charge in [0.25, 0.3) is 0 Å². The third-order valence-electron chi connectivity index (χ3n) is 4.96. The van der Waals surface area contributed by atoms with E-state index in [1.54, 1.807) is 0 Å². The average molecular weight is 258 g/mol. The van der Waals surface area contributed by atoms with Gasteiger partial charge in [-0.05, 0) is 38.3 Å². The van der Waals surface area contributed by atoms with E-state index in [1.165, 1.54) is 12.8 Å². The van der Waals surface area contributed by atoms with Crippen LogP contribution < -0.4 is 5.73 Å². The summed E-state index contributed by atoms with van der Waals surface area (Å²) in [4.78, 5) is 3.32. The second-order valence-corrected chi connectivity index (χ2v) is 5.95. The topological polar surface area (TPSA) is 62.0 Å². The van der Waals surface area contributed by atoms with Gasteiger partial charge in [-0.1, -0.05) is 18.9 Å².